The quantitative estimate of drug-likeness (QED) is 0.581. The molecule has 0 amide bonds. The fraction of sp³-hybridized carbons (Fsp3) is 0.222. The normalized spacial score (nSPS) is 10.8. The molecule has 2 nitrogen and oxygen atoms in total. The molecule has 0 atom stereocenters. The summed E-state index contributed by atoms with van der Waals surface area (Å²) in [6, 6.07) is 5.92. The van der Waals surface area contributed by atoms with Gasteiger partial charge in [0.2, 0.25) is 0 Å². The first-order valence-corrected chi connectivity index (χ1v) is 3.94. The minimum atomic E-state index is 0.234. The molecule has 0 fully saturated rings. The van der Waals surface area contributed by atoms with Crippen molar-refractivity contribution in [1.29, 1.82) is 0 Å². The molecule has 1 aromatic heterocycles. The van der Waals surface area contributed by atoms with Crippen LogP contribution in [-0.4, -0.2) is 12.8 Å². The zero-order chi connectivity index (χ0) is 8.55. The Labute approximate surface area is 72.0 Å². The van der Waals surface area contributed by atoms with Crippen LogP contribution in [0.5, 0.6) is 0 Å². The molecule has 0 bridgehead atoms. The minimum Gasteiger partial charge on any atom is -0.452 e. The summed E-state index contributed by atoms with van der Waals surface area (Å²) in [6.45, 7) is 2.10. The van der Waals surface area contributed by atoms with Crippen LogP contribution < -0.4 is 5.79 Å². The summed E-state index contributed by atoms with van der Waals surface area (Å²) in [6.07, 6.45) is 1.00. The van der Waals surface area contributed by atoms with Crippen molar-refractivity contribution in [2.45, 2.75) is 13.3 Å². The zero-order valence-electron chi connectivity index (χ0n) is 6.87. The highest BCUT2D eigenvalue weighted by atomic mass is 16.3. The van der Waals surface area contributed by atoms with Gasteiger partial charge in [-0.15, -0.1) is 0 Å². The van der Waals surface area contributed by atoms with Gasteiger partial charge in [0, 0.05) is 0 Å². The Morgan fingerprint density at radius 1 is 1.50 bits per heavy atom. The average Bonchev–Trinajstić information content (AvgIpc) is 2.43. The van der Waals surface area contributed by atoms with E-state index in [1.165, 1.54) is 5.56 Å². The van der Waals surface area contributed by atoms with Crippen molar-refractivity contribution in [2.75, 3.05) is 0 Å². The largest absolute Gasteiger partial charge is 0.452 e. The van der Waals surface area contributed by atoms with Crippen LogP contribution in [0.3, 0.4) is 0 Å². The first kappa shape index (κ1) is 7.41. The van der Waals surface area contributed by atoms with Gasteiger partial charge < -0.3 is 4.42 Å². The van der Waals surface area contributed by atoms with E-state index in [-0.39, 0.29) is 5.79 Å². The Morgan fingerprint density at radius 2 is 2.33 bits per heavy atom. The number of benzene rings is 1. The van der Waals surface area contributed by atoms with Crippen LogP contribution in [-0.2, 0) is 6.42 Å². The van der Waals surface area contributed by atoms with E-state index < -0.39 is 0 Å². The Kier molecular flexibility index (Phi) is 1.64. The highest BCUT2D eigenvalue weighted by Crippen LogP contribution is 2.12. The standard InChI is InChI=1S/C9H8BNO/c1-2-6-3-4-8-7(5-6)11-9(10)12-8/h3-5H,2H2,1H3. The molecule has 1 heterocycles. The van der Waals surface area contributed by atoms with Crippen molar-refractivity contribution in [2.24, 2.45) is 0 Å². The van der Waals surface area contributed by atoms with Crippen LogP contribution in [0.2, 0.25) is 0 Å². The molecule has 2 radical (unpaired) electrons. The van der Waals surface area contributed by atoms with Crippen LogP contribution >= 0.6 is 0 Å². The lowest BCUT2D eigenvalue weighted by Gasteiger charge is -1.92. The predicted molar refractivity (Wildman–Crippen MR) is 48.8 cm³/mol. The van der Waals surface area contributed by atoms with Gasteiger partial charge in [-0.3, -0.25) is 0 Å². The number of rotatable bonds is 1. The number of aryl methyl sites for hydroxylation is 1. The van der Waals surface area contributed by atoms with Crippen LogP contribution in [0, 0.1) is 0 Å². The molecule has 3 heteroatoms. The monoisotopic (exact) mass is 157 g/mol. The molecule has 0 saturated carbocycles. The second-order valence-corrected chi connectivity index (χ2v) is 2.71. The van der Waals surface area contributed by atoms with E-state index >= 15 is 0 Å². The molecule has 0 aliphatic rings. The maximum absolute atomic E-state index is 5.40. The summed E-state index contributed by atoms with van der Waals surface area (Å²) in [4.78, 5) is 4.03. The van der Waals surface area contributed by atoms with Crippen molar-refractivity contribution in [3.8, 4) is 0 Å². The fourth-order valence-corrected chi connectivity index (χ4v) is 1.21. The van der Waals surface area contributed by atoms with Crippen molar-refractivity contribution in [3.63, 3.8) is 0 Å². The molecule has 0 N–H and O–H groups in total. The van der Waals surface area contributed by atoms with E-state index in [0.717, 1.165) is 17.5 Å². The number of nitrogens with zero attached hydrogens (tertiary/aromatic N) is 1. The van der Waals surface area contributed by atoms with E-state index in [9.17, 15) is 0 Å². The Morgan fingerprint density at radius 3 is 3.08 bits per heavy atom. The van der Waals surface area contributed by atoms with Crippen molar-refractivity contribution in [3.05, 3.63) is 23.8 Å². The van der Waals surface area contributed by atoms with Gasteiger partial charge in [-0.2, -0.15) is 0 Å². The Bertz CT molecular complexity index is 408. The van der Waals surface area contributed by atoms with Crippen molar-refractivity contribution in [1.82, 2.24) is 4.98 Å². The molecule has 0 aliphatic heterocycles. The summed E-state index contributed by atoms with van der Waals surface area (Å²) in [5.41, 5.74) is 2.84. The highest BCUT2D eigenvalue weighted by Gasteiger charge is 2.00. The topological polar surface area (TPSA) is 26.0 Å². The number of fused-ring (bicyclic) bond motifs is 1. The van der Waals surface area contributed by atoms with Gasteiger partial charge in [0.1, 0.15) is 11.3 Å². The zero-order valence-corrected chi connectivity index (χ0v) is 6.87. The molecule has 1 aromatic carbocycles. The number of hydrogen-bond acceptors (Lipinski definition) is 2. The van der Waals surface area contributed by atoms with E-state index in [1.54, 1.807) is 0 Å². The molecular formula is C9H8BNO. The SMILES string of the molecule is [B]c1nc2cc(CC)ccc2o1. The lowest BCUT2D eigenvalue weighted by atomic mass is 10.1. The molecule has 0 saturated heterocycles. The number of aromatic nitrogens is 1. The predicted octanol–water partition coefficient (Wildman–Crippen LogP) is 1.18. The third-order valence-corrected chi connectivity index (χ3v) is 1.88. The number of hydrogen-bond donors (Lipinski definition) is 0. The van der Waals surface area contributed by atoms with Crippen LogP contribution in [0.15, 0.2) is 22.6 Å². The minimum absolute atomic E-state index is 0.234. The Hall–Kier alpha value is -1.25. The van der Waals surface area contributed by atoms with Crippen molar-refractivity contribution >= 4 is 24.7 Å². The lowest BCUT2D eigenvalue weighted by molar-refractivity contribution is 0.644. The van der Waals surface area contributed by atoms with Gasteiger partial charge in [-0.1, -0.05) is 13.0 Å². The maximum atomic E-state index is 5.40. The van der Waals surface area contributed by atoms with E-state index in [0.29, 0.717) is 0 Å². The van der Waals surface area contributed by atoms with Crippen LogP contribution in [0.4, 0.5) is 0 Å². The van der Waals surface area contributed by atoms with Gasteiger partial charge in [0.25, 0.3) is 0 Å². The van der Waals surface area contributed by atoms with E-state index in [1.807, 2.05) is 18.2 Å². The molecule has 2 aromatic rings. The third-order valence-electron chi connectivity index (χ3n) is 1.88. The van der Waals surface area contributed by atoms with Crippen LogP contribution in [0.25, 0.3) is 11.1 Å². The van der Waals surface area contributed by atoms with Gasteiger partial charge in [0.05, 0.1) is 0 Å². The highest BCUT2D eigenvalue weighted by molar-refractivity contribution is 6.28. The molecule has 58 valence electrons. The summed E-state index contributed by atoms with van der Waals surface area (Å²) >= 11 is 0. The molecule has 12 heavy (non-hydrogen) atoms. The molecule has 0 unspecified atom stereocenters. The van der Waals surface area contributed by atoms with Crippen LogP contribution in [0.1, 0.15) is 12.5 Å². The second kappa shape index (κ2) is 2.66. The summed E-state index contributed by atoms with van der Waals surface area (Å²) in [7, 11) is 5.40. The van der Waals surface area contributed by atoms with Gasteiger partial charge in [-0.25, -0.2) is 4.98 Å². The number of oxazole rings is 1. The average molecular weight is 157 g/mol. The van der Waals surface area contributed by atoms with Gasteiger partial charge in [0.15, 0.2) is 13.4 Å². The molecule has 2 rings (SSSR count). The maximum Gasteiger partial charge on any atom is 0.197 e. The fourth-order valence-electron chi connectivity index (χ4n) is 1.21. The van der Waals surface area contributed by atoms with Gasteiger partial charge >= 0.3 is 0 Å². The molecule has 0 spiro atoms. The van der Waals surface area contributed by atoms with Crippen molar-refractivity contribution < 1.29 is 4.42 Å². The van der Waals surface area contributed by atoms with E-state index in [4.69, 9.17) is 12.3 Å². The summed E-state index contributed by atoms with van der Waals surface area (Å²) < 4.78 is 5.13. The summed E-state index contributed by atoms with van der Waals surface area (Å²) in [5, 5.41) is 0. The molecular weight excluding hydrogens is 149 g/mol. The van der Waals surface area contributed by atoms with Gasteiger partial charge in [-0.05, 0) is 24.1 Å². The lowest BCUT2D eigenvalue weighted by Crippen LogP contribution is -1.99. The molecule has 0 aliphatic carbocycles. The first-order valence-electron chi connectivity index (χ1n) is 3.94. The van der Waals surface area contributed by atoms with E-state index in [2.05, 4.69) is 11.9 Å². The Balaban J connectivity index is 2.66. The first-order chi connectivity index (χ1) is 5.79. The second-order valence-electron chi connectivity index (χ2n) is 2.71. The smallest absolute Gasteiger partial charge is 0.197 e. The summed E-state index contributed by atoms with van der Waals surface area (Å²) in [5.74, 6) is 0.234. The third kappa shape index (κ3) is 1.11.